The lowest BCUT2D eigenvalue weighted by Crippen LogP contribution is -2.26. The number of nitrogens with zero attached hydrogens (tertiary/aromatic N) is 6. The van der Waals surface area contributed by atoms with E-state index in [1.807, 2.05) is 6.92 Å². The van der Waals surface area contributed by atoms with Crippen LogP contribution in [0, 0.1) is 5.82 Å². The Morgan fingerprint density at radius 2 is 2.12 bits per heavy atom. The van der Waals surface area contributed by atoms with Gasteiger partial charge in [-0.1, -0.05) is 13.0 Å². The first-order chi connectivity index (χ1) is 15.4. The molecule has 32 heavy (non-hydrogen) atoms. The molecule has 1 amide bonds. The molecule has 9 nitrogen and oxygen atoms in total. The molecule has 1 saturated carbocycles. The van der Waals surface area contributed by atoms with Crippen LogP contribution in [0.15, 0.2) is 36.5 Å². The largest absolute Gasteiger partial charge is 0.444 e. The second-order valence-corrected chi connectivity index (χ2v) is 8.35. The van der Waals surface area contributed by atoms with E-state index in [9.17, 15) is 14.3 Å². The number of pyridine rings is 1. The smallest absolute Gasteiger partial charge is 0.414 e. The summed E-state index contributed by atoms with van der Waals surface area (Å²) < 4.78 is 20.3. The number of benzene rings is 1. The summed E-state index contributed by atoms with van der Waals surface area (Å²) in [6.07, 6.45) is 3.41. The van der Waals surface area contributed by atoms with Crippen molar-refractivity contribution < 1.29 is 19.0 Å². The minimum Gasteiger partial charge on any atom is -0.444 e. The lowest BCUT2D eigenvalue weighted by atomic mass is 10.1. The Labute approximate surface area is 183 Å². The molecule has 2 aromatic heterocycles. The normalized spacial score (nSPS) is 19.3. The van der Waals surface area contributed by atoms with Crippen molar-refractivity contribution in [3.63, 3.8) is 0 Å². The van der Waals surface area contributed by atoms with Crippen LogP contribution in [0.5, 0.6) is 0 Å². The Bertz CT molecular complexity index is 1140. The number of aryl methyl sites for hydroxylation is 1. The monoisotopic (exact) mass is 438 g/mol. The number of carbonyl (C=O) groups is 1. The predicted octanol–water partition coefficient (Wildman–Crippen LogP) is 3.19. The van der Waals surface area contributed by atoms with Crippen LogP contribution in [0.3, 0.4) is 0 Å². The zero-order valence-electron chi connectivity index (χ0n) is 17.6. The van der Waals surface area contributed by atoms with Gasteiger partial charge in [-0.15, -0.1) is 10.2 Å². The third-order valence-electron chi connectivity index (χ3n) is 5.75. The van der Waals surface area contributed by atoms with Gasteiger partial charge in [0.05, 0.1) is 24.4 Å². The summed E-state index contributed by atoms with van der Waals surface area (Å²) >= 11 is 0. The summed E-state index contributed by atoms with van der Waals surface area (Å²) in [6, 6.07) is 8.08. The van der Waals surface area contributed by atoms with Crippen molar-refractivity contribution >= 4 is 11.8 Å². The van der Waals surface area contributed by atoms with Crippen molar-refractivity contribution in [2.75, 3.05) is 11.4 Å². The van der Waals surface area contributed by atoms with Crippen molar-refractivity contribution in [3.05, 3.63) is 42.3 Å². The Hall–Kier alpha value is -3.40. The van der Waals surface area contributed by atoms with E-state index in [4.69, 9.17) is 4.74 Å². The molecule has 3 aromatic rings. The number of aliphatic hydroxyl groups is 1. The van der Waals surface area contributed by atoms with Crippen LogP contribution in [0.1, 0.15) is 32.6 Å². The van der Waals surface area contributed by atoms with Crippen LogP contribution < -0.4 is 4.90 Å². The molecule has 1 N–H and O–H groups in total. The molecule has 2 fully saturated rings. The van der Waals surface area contributed by atoms with Crippen molar-refractivity contribution in [2.24, 2.45) is 0 Å². The molecule has 1 aliphatic heterocycles. The average Bonchev–Trinajstić information content (AvgIpc) is 3.16. The lowest BCUT2D eigenvalue weighted by Gasteiger charge is -2.15. The van der Waals surface area contributed by atoms with Crippen molar-refractivity contribution in [2.45, 2.75) is 50.9 Å². The third-order valence-corrected chi connectivity index (χ3v) is 5.75. The fraction of sp³-hybridized carbons (Fsp3) is 0.409. The second kappa shape index (κ2) is 7.94. The zero-order valence-corrected chi connectivity index (χ0v) is 17.6. The lowest BCUT2D eigenvalue weighted by molar-refractivity contribution is 0.0705. The molecule has 10 heteroatoms. The molecule has 1 aliphatic carbocycles. The number of aromatic nitrogens is 5. The molecule has 0 unspecified atom stereocenters. The molecule has 1 aromatic carbocycles. The number of tetrazole rings is 1. The van der Waals surface area contributed by atoms with E-state index < -0.39 is 23.6 Å². The standard InChI is InChI=1S/C22H23FN6O3/c1-2-9-29-26-20(25-27-29)19-6-3-14(12-24-19)17-5-4-15(10-18(17)23)28-13-16(32-21(28)30)11-22(31)7-8-22/h3-6,10,12,16,31H,2,7-9,11,13H2,1H3/t16-/m1/s1. The molecular weight excluding hydrogens is 415 g/mol. The van der Waals surface area contributed by atoms with Crippen LogP contribution in [0.25, 0.3) is 22.6 Å². The highest BCUT2D eigenvalue weighted by Crippen LogP contribution is 2.41. The minimum atomic E-state index is -0.713. The van der Waals surface area contributed by atoms with Crippen LogP contribution in [-0.2, 0) is 11.3 Å². The van der Waals surface area contributed by atoms with Crippen LogP contribution in [-0.4, -0.2) is 54.6 Å². The van der Waals surface area contributed by atoms with Crippen LogP contribution in [0.2, 0.25) is 0 Å². The molecule has 1 saturated heterocycles. The van der Waals surface area contributed by atoms with Gasteiger partial charge in [0, 0.05) is 23.7 Å². The number of carbonyl (C=O) groups excluding carboxylic acids is 1. The van der Waals surface area contributed by atoms with E-state index in [1.165, 1.54) is 15.8 Å². The maximum Gasteiger partial charge on any atom is 0.414 e. The van der Waals surface area contributed by atoms with Gasteiger partial charge < -0.3 is 9.84 Å². The predicted molar refractivity (Wildman–Crippen MR) is 113 cm³/mol. The van der Waals surface area contributed by atoms with Gasteiger partial charge in [-0.3, -0.25) is 9.88 Å². The number of rotatable bonds is 7. The quantitative estimate of drug-likeness (QED) is 0.604. The minimum absolute atomic E-state index is 0.294. The maximum atomic E-state index is 14.9. The van der Waals surface area contributed by atoms with E-state index in [-0.39, 0.29) is 0 Å². The molecule has 5 rings (SSSR count). The van der Waals surface area contributed by atoms with E-state index in [2.05, 4.69) is 20.4 Å². The number of halogens is 1. The van der Waals surface area contributed by atoms with Crippen molar-refractivity contribution in [1.29, 1.82) is 0 Å². The summed E-state index contributed by atoms with van der Waals surface area (Å²) in [5, 5.41) is 22.3. The number of hydrogen-bond donors (Lipinski definition) is 1. The Morgan fingerprint density at radius 1 is 1.28 bits per heavy atom. The molecule has 1 atom stereocenters. The first-order valence-corrected chi connectivity index (χ1v) is 10.7. The average molecular weight is 438 g/mol. The summed E-state index contributed by atoms with van der Waals surface area (Å²) in [4.78, 5) is 19.5. The van der Waals surface area contributed by atoms with Crippen LogP contribution in [0.4, 0.5) is 14.9 Å². The van der Waals surface area contributed by atoms with Gasteiger partial charge in [-0.05, 0) is 48.7 Å². The number of cyclic esters (lactones) is 1. The van der Waals surface area contributed by atoms with E-state index in [0.29, 0.717) is 47.8 Å². The molecule has 3 heterocycles. The summed E-state index contributed by atoms with van der Waals surface area (Å²) in [5.74, 6) is -0.0556. The SMILES string of the molecule is CCCn1nnc(-c2ccc(-c3ccc(N4C[C@@H](CC5(O)CC5)OC4=O)cc3F)cn2)n1. The van der Waals surface area contributed by atoms with E-state index in [0.717, 1.165) is 19.3 Å². The number of ether oxygens (including phenoxy) is 1. The number of hydrogen-bond acceptors (Lipinski definition) is 7. The van der Waals surface area contributed by atoms with Gasteiger partial charge >= 0.3 is 6.09 Å². The highest BCUT2D eigenvalue weighted by Gasteiger charge is 2.46. The Kier molecular flexibility index (Phi) is 5.09. The van der Waals surface area contributed by atoms with Crippen molar-refractivity contribution in [3.8, 4) is 22.6 Å². The number of amides is 1. The van der Waals surface area contributed by atoms with Gasteiger partial charge in [-0.2, -0.15) is 4.80 Å². The first-order valence-electron chi connectivity index (χ1n) is 10.7. The third kappa shape index (κ3) is 4.05. The van der Waals surface area contributed by atoms with Gasteiger partial charge in [0.25, 0.3) is 0 Å². The highest BCUT2D eigenvalue weighted by atomic mass is 19.1. The van der Waals surface area contributed by atoms with Gasteiger partial charge in [0.2, 0.25) is 5.82 Å². The fourth-order valence-corrected chi connectivity index (χ4v) is 3.84. The summed E-state index contributed by atoms with van der Waals surface area (Å²) in [5.41, 5.74) is 1.22. The van der Waals surface area contributed by atoms with E-state index in [1.54, 1.807) is 30.5 Å². The van der Waals surface area contributed by atoms with Crippen LogP contribution >= 0.6 is 0 Å². The molecule has 0 radical (unpaired) electrons. The van der Waals surface area contributed by atoms with Gasteiger partial charge in [0.15, 0.2) is 0 Å². The summed E-state index contributed by atoms with van der Waals surface area (Å²) in [7, 11) is 0. The second-order valence-electron chi connectivity index (χ2n) is 8.35. The Morgan fingerprint density at radius 3 is 2.81 bits per heavy atom. The first kappa shape index (κ1) is 20.5. The van der Waals surface area contributed by atoms with Crippen molar-refractivity contribution in [1.82, 2.24) is 25.2 Å². The molecule has 166 valence electrons. The highest BCUT2D eigenvalue weighted by molar-refractivity contribution is 5.90. The zero-order chi connectivity index (χ0) is 22.3. The Balaban J connectivity index is 1.31. The molecular formula is C22H23FN6O3. The fourth-order valence-electron chi connectivity index (χ4n) is 3.84. The molecule has 0 bridgehead atoms. The molecule has 0 spiro atoms. The summed E-state index contributed by atoms with van der Waals surface area (Å²) in [6.45, 7) is 3.00. The van der Waals surface area contributed by atoms with Gasteiger partial charge in [0.1, 0.15) is 17.6 Å². The number of anilines is 1. The maximum absolute atomic E-state index is 14.9. The van der Waals surface area contributed by atoms with Gasteiger partial charge in [-0.25, -0.2) is 9.18 Å². The van der Waals surface area contributed by atoms with E-state index >= 15 is 0 Å². The molecule has 2 aliphatic rings. The topological polar surface area (TPSA) is 106 Å².